The lowest BCUT2D eigenvalue weighted by atomic mass is 10.1. The number of amides is 1. The smallest absolute Gasteiger partial charge is 0.276 e. The first kappa shape index (κ1) is 18.2. The lowest BCUT2D eigenvalue weighted by Crippen LogP contribution is -2.24. The van der Waals surface area contributed by atoms with E-state index in [-0.39, 0.29) is 17.9 Å². The zero-order chi connectivity index (χ0) is 19.5. The van der Waals surface area contributed by atoms with Crippen molar-refractivity contribution in [2.75, 3.05) is 6.54 Å². The number of aromatic nitrogens is 3. The van der Waals surface area contributed by atoms with E-state index < -0.39 is 0 Å². The minimum absolute atomic E-state index is 0.0720. The van der Waals surface area contributed by atoms with E-state index in [0.717, 1.165) is 11.3 Å². The van der Waals surface area contributed by atoms with Gasteiger partial charge < -0.3 is 14.2 Å². The van der Waals surface area contributed by atoms with Crippen LogP contribution in [0.1, 0.15) is 37.6 Å². The van der Waals surface area contributed by atoms with Crippen molar-refractivity contribution in [2.24, 2.45) is 0 Å². The van der Waals surface area contributed by atoms with Crippen molar-refractivity contribution < 1.29 is 14.1 Å². The molecule has 1 amide bonds. The molecule has 3 aromatic rings. The van der Waals surface area contributed by atoms with Gasteiger partial charge in [0.15, 0.2) is 5.82 Å². The van der Waals surface area contributed by atoms with Gasteiger partial charge in [0.25, 0.3) is 5.89 Å². The van der Waals surface area contributed by atoms with Gasteiger partial charge in [-0.2, -0.15) is 4.98 Å². The fourth-order valence-corrected chi connectivity index (χ4v) is 3.26. The first-order valence-electron chi connectivity index (χ1n) is 9.37. The molecule has 28 heavy (non-hydrogen) atoms. The largest absolute Gasteiger partial charge is 0.491 e. The second-order valence-electron chi connectivity index (χ2n) is 7.16. The van der Waals surface area contributed by atoms with Gasteiger partial charge in [-0.3, -0.25) is 9.78 Å². The van der Waals surface area contributed by atoms with Crippen molar-refractivity contribution in [2.45, 2.75) is 38.8 Å². The highest BCUT2D eigenvalue weighted by molar-refractivity contribution is 5.79. The molecule has 7 heteroatoms. The monoisotopic (exact) mass is 378 g/mol. The lowest BCUT2D eigenvalue weighted by Gasteiger charge is -2.17. The molecule has 1 aliphatic rings. The predicted octanol–water partition coefficient (Wildman–Crippen LogP) is 3.43. The summed E-state index contributed by atoms with van der Waals surface area (Å²) in [6.45, 7) is 5.12. The molecule has 7 nitrogen and oxygen atoms in total. The summed E-state index contributed by atoms with van der Waals surface area (Å²) in [5.74, 6) is 1.78. The van der Waals surface area contributed by atoms with Crippen LogP contribution in [0.2, 0.25) is 0 Å². The predicted molar refractivity (Wildman–Crippen MR) is 103 cm³/mol. The van der Waals surface area contributed by atoms with E-state index in [1.165, 1.54) is 0 Å². The molecule has 1 aliphatic heterocycles. The van der Waals surface area contributed by atoms with Crippen molar-refractivity contribution in [1.29, 1.82) is 0 Å². The van der Waals surface area contributed by atoms with Crippen LogP contribution in [0.5, 0.6) is 5.75 Å². The van der Waals surface area contributed by atoms with E-state index in [0.29, 0.717) is 36.9 Å². The van der Waals surface area contributed by atoms with E-state index in [1.807, 2.05) is 61.2 Å². The quantitative estimate of drug-likeness (QED) is 0.654. The Labute approximate surface area is 163 Å². The Bertz CT molecular complexity index is 938. The Morgan fingerprint density at radius 3 is 2.75 bits per heavy atom. The third kappa shape index (κ3) is 4.03. The molecule has 1 unspecified atom stereocenters. The zero-order valence-corrected chi connectivity index (χ0v) is 15.9. The van der Waals surface area contributed by atoms with Crippen LogP contribution in [-0.4, -0.2) is 38.6 Å². The Morgan fingerprint density at radius 2 is 2.04 bits per heavy atom. The molecule has 0 bridgehead atoms. The molecule has 0 aliphatic carbocycles. The molecule has 0 spiro atoms. The minimum atomic E-state index is -0.0720. The molecular weight excluding hydrogens is 356 g/mol. The minimum Gasteiger partial charge on any atom is -0.491 e. The summed E-state index contributed by atoms with van der Waals surface area (Å²) in [4.78, 5) is 22.9. The molecule has 0 saturated carbocycles. The van der Waals surface area contributed by atoms with Gasteiger partial charge in [0, 0.05) is 31.6 Å². The third-order valence-electron chi connectivity index (χ3n) is 4.57. The molecular formula is C21H22N4O3. The molecule has 2 aromatic heterocycles. The van der Waals surface area contributed by atoms with Gasteiger partial charge in [0.1, 0.15) is 11.4 Å². The van der Waals surface area contributed by atoms with E-state index in [2.05, 4.69) is 15.1 Å². The second kappa shape index (κ2) is 7.80. The maximum atomic E-state index is 12.5. The van der Waals surface area contributed by atoms with Crippen LogP contribution in [0.15, 0.2) is 53.2 Å². The Hall–Kier alpha value is -3.22. The lowest BCUT2D eigenvalue weighted by molar-refractivity contribution is -0.128. The van der Waals surface area contributed by atoms with Crippen LogP contribution in [0.4, 0.5) is 0 Å². The summed E-state index contributed by atoms with van der Waals surface area (Å²) in [5.41, 5.74) is 1.69. The average Bonchev–Trinajstić information content (AvgIpc) is 3.31. The molecule has 1 fully saturated rings. The molecule has 0 N–H and O–H groups in total. The van der Waals surface area contributed by atoms with Gasteiger partial charge in [-0.1, -0.05) is 23.4 Å². The number of nitrogens with zero attached hydrogens (tertiary/aromatic N) is 4. The number of rotatable bonds is 6. The van der Waals surface area contributed by atoms with Gasteiger partial charge >= 0.3 is 0 Å². The number of carbonyl (C=O) groups is 1. The van der Waals surface area contributed by atoms with Gasteiger partial charge in [-0.15, -0.1) is 0 Å². The second-order valence-corrected chi connectivity index (χ2v) is 7.16. The summed E-state index contributed by atoms with van der Waals surface area (Å²) >= 11 is 0. The maximum Gasteiger partial charge on any atom is 0.276 e. The van der Waals surface area contributed by atoms with Gasteiger partial charge in [0.2, 0.25) is 5.91 Å². The van der Waals surface area contributed by atoms with E-state index in [4.69, 9.17) is 9.26 Å². The van der Waals surface area contributed by atoms with E-state index in [9.17, 15) is 4.79 Å². The number of benzene rings is 1. The molecule has 0 radical (unpaired) electrons. The van der Waals surface area contributed by atoms with E-state index >= 15 is 0 Å². The summed E-state index contributed by atoms with van der Waals surface area (Å²) < 4.78 is 11.0. The number of likely N-dealkylation sites (tertiary alicyclic amines) is 1. The van der Waals surface area contributed by atoms with E-state index in [1.54, 1.807) is 6.20 Å². The average molecular weight is 378 g/mol. The summed E-state index contributed by atoms with van der Waals surface area (Å²) in [5, 5.41) is 4.07. The SMILES string of the molecule is CC(C)Oc1ccc(CN2CC(c3noc(-c4ccccn4)n3)CC2=O)cc1. The summed E-state index contributed by atoms with van der Waals surface area (Å²) in [7, 11) is 0. The third-order valence-corrected chi connectivity index (χ3v) is 4.57. The normalized spacial score (nSPS) is 16.8. The van der Waals surface area contributed by atoms with Crippen LogP contribution < -0.4 is 4.74 Å². The Balaban J connectivity index is 1.41. The summed E-state index contributed by atoms with van der Waals surface area (Å²) in [6, 6.07) is 13.4. The zero-order valence-electron chi connectivity index (χ0n) is 15.9. The van der Waals surface area contributed by atoms with Crippen LogP contribution in [-0.2, 0) is 11.3 Å². The number of carbonyl (C=O) groups excluding carboxylic acids is 1. The van der Waals surface area contributed by atoms with Crippen molar-refractivity contribution in [3.63, 3.8) is 0 Å². The van der Waals surface area contributed by atoms with Crippen molar-refractivity contribution in [3.05, 3.63) is 60.0 Å². The van der Waals surface area contributed by atoms with Crippen LogP contribution >= 0.6 is 0 Å². The van der Waals surface area contributed by atoms with Crippen molar-refractivity contribution in [1.82, 2.24) is 20.0 Å². The van der Waals surface area contributed by atoms with Crippen molar-refractivity contribution >= 4 is 5.91 Å². The molecule has 4 rings (SSSR count). The first-order valence-corrected chi connectivity index (χ1v) is 9.37. The van der Waals surface area contributed by atoms with Crippen LogP contribution in [0.25, 0.3) is 11.6 Å². The van der Waals surface area contributed by atoms with Gasteiger partial charge in [0.05, 0.1) is 6.10 Å². The highest BCUT2D eigenvalue weighted by Gasteiger charge is 2.33. The van der Waals surface area contributed by atoms with Gasteiger partial charge in [-0.25, -0.2) is 0 Å². The number of ether oxygens (including phenoxy) is 1. The highest BCUT2D eigenvalue weighted by atomic mass is 16.5. The van der Waals surface area contributed by atoms with Crippen LogP contribution in [0, 0.1) is 0 Å². The van der Waals surface area contributed by atoms with Gasteiger partial charge in [-0.05, 0) is 43.7 Å². The standard InChI is InChI=1S/C21H22N4O3/c1-14(2)27-17-8-6-15(7-9-17)12-25-13-16(11-19(25)26)20-23-21(28-24-20)18-5-3-4-10-22-18/h3-10,14,16H,11-13H2,1-2H3. The van der Waals surface area contributed by atoms with Crippen molar-refractivity contribution in [3.8, 4) is 17.3 Å². The number of hydrogen-bond donors (Lipinski definition) is 0. The Kier molecular flexibility index (Phi) is 5.06. The topological polar surface area (TPSA) is 81.3 Å². The number of hydrogen-bond acceptors (Lipinski definition) is 6. The molecule has 3 heterocycles. The first-order chi connectivity index (χ1) is 13.6. The number of pyridine rings is 1. The fourth-order valence-electron chi connectivity index (χ4n) is 3.26. The highest BCUT2D eigenvalue weighted by Crippen LogP contribution is 2.29. The summed E-state index contributed by atoms with van der Waals surface area (Å²) in [6.07, 6.45) is 2.20. The molecule has 1 saturated heterocycles. The van der Waals surface area contributed by atoms with Crippen LogP contribution in [0.3, 0.4) is 0 Å². The Morgan fingerprint density at radius 1 is 1.21 bits per heavy atom. The maximum absolute atomic E-state index is 12.5. The molecule has 144 valence electrons. The molecule has 1 aromatic carbocycles. The molecule has 1 atom stereocenters. The fraction of sp³-hybridized carbons (Fsp3) is 0.333.